The molecular weight excluding hydrogens is 316 g/mol. The van der Waals surface area contributed by atoms with Gasteiger partial charge in [-0.1, -0.05) is 54.1 Å². The van der Waals surface area contributed by atoms with E-state index in [1.165, 1.54) is 25.1 Å². The van der Waals surface area contributed by atoms with Gasteiger partial charge in [0.1, 0.15) is 5.75 Å². The third kappa shape index (κ3) is 3.79. The fourth-order valence-corrected chi connectivity index (χ4v) is 2.40. The Morgan fingerprint density at radius 2 is 1.78 bits per heavy atom. The number of hydrogen-bond acceptors (Lipinski definition) is 3. The Morgan fingerprint density at radius 3 is 2.39 bits per heavy atom. The molecule has 2 N–H and O–H groups in total. The average Bonchev–Trinajstić information content (AvgIpc) is 2.55. The van der Waals surface area contributed by atoms with Gasteiger partial charge in [0.05, 0.1) is 16.5 Å². The number of allylic oxidation sites excluding steroid dienone is 1. The minimum absolute atomic E-state index is 0.0310. The second-order valence-electron chi connectivity index (χ2n) is 5.03. The summed E-state index contributed by atoms with van der Waals surface area (Å²) in [6.45, 7) is 1.46. The van der Waals surface area contributed by atoms with Gasteiger partial charge < -0.3 is 10.2 Å². The van der Waals surface area contributed by atoms with Crippen LogP contribution in [0.25, 0.3) is 6.08 Å². The van der Waals surface area contributed by atoms with Crippen molar-refractivity contribution in [3.05, 3.63) is 70.3 Å². The van der Waals surface area contributed by atoms with E-state index in [2.05, 4.69) is 0 Å². The second-order valence-corrected chi connectivity index (χ2v) is 5.41. The highest BCUT2D eigenvalue weighted by Gasteiger charge is 2.22. The molecule has 2 aromatic carbocycles. The molecule has 0 saturated heterocycles. The molecule has 0 fully saturated rings. The van der Waals surface area contributed by atoms with Crippen LogP contribution in [-0.4, -0.2) is 22.0 Å². The molecular formula is C18H15ClO4. The van der Waals surface area contributed by atoms with Crippen molar-refractivity contribution in [2.45, 2.75) is 12.8 Å². The molecule has 23 heavy (non-hydrogen) atoms. The predicted molar refractivity (Wildman–Crippen MR) is 89.0 cm³/mol. The van der Waals surface area contributed by atoms with Gasteiger partial charge in [0.2, 0.25) is 0 Å². The lowest BCUT2D eigenvalue weighted by Gasteiger charge is -2.12. The third-order valence-corrected chi connectivity index (χ3v) is 3.87. The Bertz CT molecular complexity index is 766. The molecule has 0 amide bonds. The zero-order valence-electron chi connectivity index (χ0n) is 12.4. The molecule has 5 heteroatoms. The van der Waals surface area contributed by atoms with Crippen LogP contribution in [0.1, 0.15) is 34.3 Å². The van der Waals surface area contributed by atoms with Gasteiger partial charge in [0.25, 0.3) is 0 Å². The summed E-state index contributed by atoms with van der Waals surface area (Å²) in [5, 5.41) is 19.0. The van der Waals surface area contributed by atoms with Crippen LogP contribution in [0.2, 0.25) is 5.02 Å². The SMILES string of the molecule is C[C@H](C(=O)O)c1ccc(C(=O)/C=C/c2ccccc2)c(O)c1Cl. The lowest BCUT2D eigenvalue weighted by Crippen LogP contribution is -2.09. The molecule has 1 atom stereocenters. The molecule has 0 bridgehead atoms. The van der Waals surface area contributed by atoms with Gasteiger partial charge >= 0.3 is 5.97 Å². The highest BCUT2D eigenvalue weighted by atomic mass is 35.5. The number of phenolic OH excluding ortho intramolecular Hbond substituents is 1. The van der Waals surface area contributed by atoms with Crippen LogP contribution in [0.4, 0.5) is 0 Å². The van der Waals surface area contributed by atoms with E-state index in [1.54, 1.807) is 6.08 Å². The highest BCUT2D eigenvalue weighted by molar-refractivity contribution is 6.34. The molecule has 0 radical (unpaired) electrons. The molecule has 0 unspecified atom stereocenters. The average molecular weight is 331 g/mol. The summed E-state index contributed by atoms with van der Waals surface area (Å²) in [6, 6.07) is 12.1. The fraction of sp³-hybridized carbons (Fsp3) is 0.111. The Morgan fingerprint density at radius 1 is 1.13 bits per heavy atom. The van der Waals surface area contributed by atoms with E-state index in [4.69, 9.17) is 16.7 Å². The number of phenols is 1. The number of rotatable bonds is 5. The van der Waals surface area contributed by atoms with Gasteiger partial charge in [-0.05, 0) is 30.2 Å². The number of hydrogen-bond donors (Lipinski definition) is 2. The van der Waals surface area contributed by atoms with Crippen LogP contribution < -0.4 is 0 Å². The number of aromatic hydroxyl groups is 1. The molecule has 0 aliphatic rings. The van der Waals surface area contributed by atoms with E-state index in [0.29, 0.717) is 0 Å². The van der Waals surface area contributed by atoms with Crippen molar-refractivity contribution in [1.82, 2.24) is 0 Å². The maximum absolute atomic E-state index is 12.2. The number of benzene rings is 2. The standard InChI is InChI=1S/C18H15ClO4/c1-11(18(22)23)13-8-9-14(17(21)16(13)19)15(20)10-7-12-5-3-2-4-6-12/h2-11,21H,1H3,(H,22,23)/b10-7+/t11-/m0/s1. The van der Waals surface area contributed by atoms with Crippen LogP contribution >= 0.6 is 11.6 Å². The minimum Gasteiger partial charge on any atom is -0.506 e. The summed E-state index contributed by atoms with van der Waals surface area (Å²) in [5.41, 5.74) is 1.14. The topological polar surface area (TPSA) is 74.6 Å². The molecule has 4 nitrogen and oxygen atoms in total. The van der Waals surface area contributed by atoms with E-state index in [-0.39, 0.29) is 16.1 Å². The van der Waals surface area contributed by atoms with Gasteiger partial charge in [-0.2, -0.15) is 0 Å². The largest absolute Gasteiger partial charge is 0.506 e. The van der Waals surface area contributed by atoms with Crippen molar-refractivity contribution in [1.29, 1.82) is 0 Å². The number of carboxylic acids is 1. The van der Waals surface area contributed by atoms with Crippen LogP contribution in [0.3, 0.4) is 0 Å². The van der Waals surface area contributed by atoms with Crippen LogP contribution in [0.5, 0.6) is 5.75 Å². The first-order valence-electron chi connectivity index (χ1n) is 6.93. The number of carbonyl (C=O) groups is 2. The summed E-state index contributed by atoms with van der Waals surface area (Å²) in [7, 11) is 0. The Balaban J connectivity index is 2.30. The molecule has 2 aromatic rings. The van der Waals surface area contributed by atoms with E-state index in [9.17, 15) is 14.7 Å². The van der Waals surface area contributed by atoms with E-state index < -0.39 is 23.4 Å². The number of ketones is 1. The second kappa shape index (κ2) is 7.11. The highest BCUT2D eigenvalue weighted by Crippen LogP contribution is 2.35. The number of halogens is 1. The van der Waals surface area contributed by atoms with Crippen molar-refractivity contribution in [2.24, 2.45) is 0 Å². The molecule has 0 heterocycles. The Kier molecular flexibility index (Phi) is 5.19. The lowest BCUT2D eigenvalue weighted by atomic mass is 9.97. The van der Waals surface area contributed by atoms with Gasteiger partial charge in [-0.15, -0.1) is 0 Å². The summed E-state index contributed by atoms with van der Waals surface area (Å²) in [4.78, 5) is 23.2. The summed E-state index contributed by atoms with van der Waals surface area (Å²) in [6.07, 6.45) is 2.96. The Labute approximate surface area is 138 Å². The smallest absolute Gasteiger partial charge is 0.310 e. The first-order valence-corrected chi connectivity index (χ1v) is 7.31. The van der Waals surface area contributed by atoms with Crippen molar-refractivity contribution >= 4 is 29.4 Å². The van der Waals surface area contributed by atoms with Crippen LogP contribution in [-0.2, 0) is 4.79 Å². The van der Waals surface area contributed by atoms with Crippen LogP contribution in [0.15, 0.2) is 48.5 Å². The van der Waals surface area contributed by atoms with Crippen molar-refractivity contribution in [3.8, 4) is 5.75 Å². The van der Waals surface area contributed by atoms with E-state index in [1.807, 2.05) is 30.3 Å². The first-order chi connectivity index (χ1) is 10.9. The number of carboxylic acid groups (broad SMARTS) is 1. The van der Waals surface area contributed by atoms with Gasteiger partial charge in [0.15, 0.2) is 5.78 Å². The van der Waals surface area contributed by atoms with Gasteiger partial charge in [-0.25, -0.2) is 0 Å². The molecule has 2 rings (SSSR count). The van der Waals surface area contributed by atoms with E-state index in [0.717, 1.165) is 5.56 Å². The molecule has 118 valence electrons. The molecule has 0 aliphatic carbocycles. The fourth-order valence-electron chi connectivity index (χ4n) is 2.07. The molecule has 0 aromatic heterocycles. The van der Waals surface area contributed by atoms with Crippen molar-refractivity contribution in [2.75, 3.05) is 0 Å². The minimum atomic E-state index is -1.06. The van der Waals surface area contributed by atoms with Crippen LogP contribution in [0, 0.1) is 0 Å². The van der Waals surface area contributed by atoms with Gasteiger partial charge in [-0.3, -0.25) is 9.59 Å². The van der Waals surface area contributed by atoms with E-state index >= 15 is 0 Å². The normalized spacial score (nSPS) is 12.3. The molecule has 0 spiro atoms. The number of carbonyl (C=O) groups excluding carboxylic acids is 1. The maximum Gasteiger partial charge on any atom is 0.310 e. The third-order valence-electron chi connectivity index (χ3n) is 3.48. The van der Waals surface area contributed by atoms with Crippen molar-refractivity contribution in [3.63, 3.8) is 0 Å². The zero-order valence-corrected chi connectivity index (χ0v) is 13.1. The molecule has 0 aliphatic heterocycles. The first kappa shape index (κ1) is 16.8. The van der Waals surface area contributed by atoms with Gasteiger partial charge in [0, 0.05) is 0 Å². The predicted octanol–water partition coefficient (Wildman–Crippen LogP) is 4.13. The summed E-state index contributed by atoms with van der Waals surface area (Å²) < 4.78 is 0. The lowest BCUT2D eigenvalue weighted by molar-refractivity contribution is -0.138. The summed E-state index contributed by atoms with van der Waals surface area (Å²) >= 11 is 6.01. The zero-order chi connectivity index (χ0) is 17.0. The van der Waals surface area contributed by atoms with Crippen molar-refractivity contribution < 1.29 is 19.8 Å². The Hall–Kier alpha value is -2.59. The maximum atomic E-state index is 12.2. The summed E-state index contributed by atoms with van der Waals surface area (Å²) in [5.74, 6) is -2.76. The number of aliphatic carboxylic acids is 1. The molecule has 0 saturated carbocycles. The monoisotopic (exact) mass is 330 g/mol. The quantitative estimate of drug-likeness (QED) is 0.638.